The molecule has 0 atom stereocenters. The highest BCUT2D eigenvalue weighted by Gasteiger charge is 1.92. The van der Waals surface area contributed by atoms with Crippen LogP contribution in [-0.2, 0) is 6.67 Å². The van der Waals surface area contributed by atoms with Gasteiger partial charge in [0.25, 0.3) is 0 Å². The van der Waals surface area contributed by atoms with Crippen molar-refractivity contribution in [3.8, 4) is 0 Å². The molecule has 0 saturated heterocycles. The van der Waals surface area contributed by atoms with Crippen LogP contribution in [0.4, 0.5) is 0 Å². The molecule has 0 spiro atoms. The number of hydrogen-bond donors (Lipinski definition) is 2. The molecular weight excluding hydrogens is 166 g/mol. The first-order chi connectivity index (χ1) is 6.33. The second-order valence-electron chi connectivity index (χ2n) is 2.69. The molecule has 13 heavy (non-hydrogen) atoms. The molecule has 0 aromatic carbocycles. The highest BCUT2D eigenvalue weighted by atomic mass is 15.4. The van der Waals surface area contributed by atoms with Crippen LogP contribution in [0.2, 0.25) is 0 Å². The maximum absolute atomic E-state index is 3.89. The van der Waals surface area contributed by atoms with Crippen LogP contribution in [0.25, 0.3) is 0 Å². The monoisotopic (exact) mass is 181 g/mol. The first-order valence-electron chi connectivity index (χ1n) is 4.25. The molecule has 0 aliphatic heterocycles. The van der Waals surface area contributed by atoms with Gasteiger partial charge in [-0.05, 0) is 20.0 Å². The molecule has 72 valence electrons. The Kier molecular flexibility index (Phi) is 3.98. The maximum Gasteiger partial charge on any atom is 0.0935 e. The van der Waals surface area contributed by atoms with E-state index < -0.39 is 0 Å². The summed E-state index contributed by atoms with van der Waals surface area (Å²) < 4.78 is 1.76. The zero-order valence-electron chi connectivity index (χ0n) is 7.99. The average Bonchev–Trinajstić information content (AvgIpc) is 2.51. The summed E-state index contributed by atoms with van der Waals surface area (Å²) in [5, 5.41) is 14.0. The Morgan fingerprint density at radius 1 is 1.62 bits per heavy atom. The highest BCUT2D eigenvalue weighted by molar-refractivity contribution is 4.86. The molecule has 0 saturated carbocycles. The van der Waals surface area contributed by atoms with Gasteiger partial charge in [0, 0.05) is 6.20 Å². The van der Waals surface area contributed by atoms with E-state index in [1.165, 1.54) is 0 Å². The van der Waals surface area contributed by atoms with E-state index in [4.69, 9.17) is 0 Å². The fourth-order valence-electron chi connectivity index (χ4n) is 0.892. The molecule has 0 unspecified atom stereocenters. The predicted molar refractivity (Wildman–Crippen MR) is 50.7 cm³/mol. The Bertz CT molecular complexity index is 265. The zero-order chi connectivity index (χ0) is 9.52. The lowest BCUT2D eigenvalue weighted by Gasteiger charge is -2.03. The predicted octanol–water partition coefficient (Wildman–Crippen LogP) is 0.214. The van der Waals surface area contributed by atoms with Crippen LogP contribution in [-0.4, -0.2) is 21.7 Å². The SMILES string of the molecule is C/C=C/NCNCn1cc(C)nn1. The van der Waals surface area contributed by atoms with Crippen LogP contribution < -0.4 is 10.6 Å². The molecule has 0 bridgehead atoms. The maximum atomic E-state index is 3.89. The standard InChI is InChI=1S/C8H15N5/c1-3-4-9-6-10-7-13-5-8(2)11-12-13/h3-5,9-10H,6-7H2,1-2H3/b4-3+. The third-order valence-electron chi connectivity index (χ3n) is 1.44. The minimum atomic E-state index is 0.672. The van der Waals surface area contributed by atoms with Crippen molar-refractivity contribution in [1.82, 2.24) is 25.6 Å². The smallest absolute Gasteiger partial charge is 0.0935 e. The van der Waals surface area contributed by atoms with Crippen molar-refractivity contribution in [2.75, 3.05) is 6.67 Å². The van der Waals surface area contributed by atoms with Gasteiger partial charge in [-0.2, -0.15) is 0 Å². The van der Waals surface area contributed by atoms with Gasteiger partial charge in [-0.1, -0.05) is 11.3 Å². The number of nitrogens with one attached hydrogen (secondary N) is 2. The molecule has 5 heteroatoms. The molecule has 0 aliphatic carbocycles. The van der Waals surface area contributed by atoms with Gasteiger partial charge in [0.1, 0.15) is 0 Å². The summed E-state index contributed by atoms with van der Waals surface area (Å²) in [6.45, 7) is 5.28. The van der Waals surface area contributed by atoms with Gasteiger partial charge < -0.3 is 5.32 Å². The topological polar surface area (TPSA) is 54.8 Å². The number of aryl methyl sites for hydroxylation is 1. The Morgan fingerprint density at radius 3 is 3.08 bits per heavy atom. The van der Waals surface area contributed by atoms with Gasteiger partial charge >= 0.3 is 0 Å². The summed E-state index contributed by atoms with van der Waals surface area (Å²) >= 11 is 0. The second-order valence-corrected chi connectivity index (χ2v) is 2.69. The minimum absolute atomic E-state index is 0.672. The van der Waals surface area contributed by atoms with E-state index in [9.17, 15) is 0 Å². The Morgan fingerprint density at radius 2 is 2.46 bits per heavy atom. The number of hydrogen-bond acceptors (Lipinski definition) is 4. The van der Waals surface area contributed by atoms with E-state index in [0.29, 0.717) is 6.67 Å². The van der Waals surface area contributed by atoms with Crippen molar-refractivity contribution in [2.45, 2.75) is 20.5 Å². The highest BCUT2D eigenvalue weighted by Crippen LogP contribution is 1.86. The van der Waals surface area contributed by atoms with Crippen molar-refractivity contribution < 1.29 is 0 Å². The lowest BCUT2D eigenvalue weighted by molar-refractivity contribution is 0.489. The lowest BCUT2D eigenvalue weighted by atomic mass is 10.6. The molecule has 0 fully saturated rings. The normalized spacial score (nSPS) is 10.9. The van der Waals surface area contributed by atoms with E-state index >= 15 is 0 Å². The van der Waals surface area contributed by atoms with E-state index in [0.717, 1.165) is 12.4 Å². The molecule has 0 radical (unpaired) electrons. The van der Waals surface area contributed by atoms with Gasteiger partial charge in [0.2, 0.25) is 0 Å². The Labute approximate surface area is 77.8 Å². The van der Waals surface area contributed by atoms with Gasteiger partial charge in [-0.25, -0.2) is 4.68 Å². The van der Waals surface area contributed by atoms with E-state index in [-0.39, 0.29) is 0 Å². The minimum Gasteiger partial charge on any atom is -0.379 e. The molecular formula is C8H15N5. The summed E-state index contributed by atoms with van der Waals surface area (Å²) in [5.41, 5.74) is 0.934. The van der Waals surface area contributed by atoms with Crippen molar-refractivity contribution in [2.24, 2.45) is 0 Å². The Balaban J connectivity index is 2.13. The van der Waals surface area contributed by atoms with Crippen LogP contribution in [0.3, 0.4) is 0 Å². The quantitative estimate of drug-likeness (QED) is 0.504. The third kappa shape index (κ3) is 3.71. The fraction of sp³-hybridized carbons (Fsp3) is 0.500. The molecule has 5 nitrogen and oxygen atoms in total. The lowest BCUT2D eigenvalue weighted by Crippen LogP contribution is -2.27. The van der Waals surface area contributed by atoms with E-state index in [1.54, 1.807) is 4.68 Å². The molecule has 0 amide bonds. The van der Waals surface area contributed by atoms with Crippen molar-refractivity contribution in [1.29, 1.82) is 0 Å². The largest absolute Gasteiger partial charge is 0.379 e. The first-order valence-corrected chi connectivity index (χ1v) is 4.25. The third-order valence-corrected chi connectivity index (χ3v) is 1.44. The molecule has 0 aliphatic rings. The Hall–Kier alpha value is -1.36. The molecule has 1 aromatic rings. The van der Waals surface area contributed by atoms with Crippen LogP contribution in [0, 0.1) is 6.92 Å². The van der Waals surface area contributed by atoms with Gasteiger partial charge in [0.05, 0.1) is 19.0 Å². The zero-order valence-corrected chi connectivity index (χ0v) is 7.99. The number of aromatic nitrogens is 3. The number of allylic oxidation sites excluding steroid dienone is 1. The first kappa shape index (κ1) is 9.73. The average molecular weight is 181 g/mol. The van der Waals surface area contributed by atoms with Crippen LogP contribution in [0.1, 0.15) is 12.6 Å². The molecule has 2 N–H and O–H groups in total. The van der Waals surface area contributed by atoms with E-state index in [1.807, 2.05) is 32.3 Å². The van der Waals surface area contributed by atoms with Gasteiger partial charge in [-0.3, -0.25) is 5.32 Å². The summed E-state index contributed by atoms with van der Waals surface area (Å²) in [4.78, 5) is 0. The van der Waals surface area contributed by atoms with Crippen molar-refractivity contribution in [3.05, 3.63) is 24.2 Å². The van der Waals surface area contributed by atoms with Crippen LogP contribution >= 0.6 is 0 Å². The van der Waals surface area contributed by atoms with Crippen LogP contribution in [0.15, 0.2) is 18.5 Å². The van der Waals surface area contributed by atoms with Gasteiger partial charge in [0.15, 0.2) is 0 Å². The number of nitrogens with zero attached hydrogens (tertiary/aromatic N) is 3. The summed E-state index contributed by atoms with van der Waals surface area (Å²) in [6.07, 6.45) is 5.73. The summed E-state index contributed by atoms with van der Waals surface area (Å²) in [7, 11) is 0. The van der Waals surface area contributed by atoms with Crippen LogP contribution in [0.5, 0.6) is 0 Å². The second kappa shape index (κ2) is 5.31. The summed E-state index contributed by atoms with van der Waals surface area (Å²) in [6, 6.07) is 0. The number of rotatable bonds is 5. The van der Waals surface area contributed by atoms with Crippen molar-refractivity contribution in [3.63, 3.8) is 0 Å². The summed E-state index contributed by atoms with van der Waals surface area (Å²) in [5.74, 6) is 0. The van der Waals surface area contributed by atoms with Gasteiger partial charge in [-0.15, -0.1) is 5.10 Å². The van der Waals surface area contributed by atoms with Crippen molar-refractivity contribution >= 4 is 0 Å². The van der Waals surface area contributed by atoms with E-state index in [2.05, 4.69) is 20.9 Å². The molecule has 1 aromatic heterocycles. The molecule has 1 heterocycles. The fourth-order valence-corrected chi connectivity index (χ4v) is 0.892. The molecule has 1 rings (SSSR count).